The van der Waals surface area contributed by atoms with E-state index in [4.69, 9.17) is 9.15 Å². The summed E-state index contributed by atoms with van der Waals surface area (Å²) in [7, 11) is 1.81. The summed E-state index contributed by atoms with van der Waals surface area (Å²) in [6.07, 6.45) is 0.740. The lowest BCUT2D eigenvalue weighted by molar-refractivity contribution is -0.135. The molecular formula is C13H20N2O3. The van der Waals surface area contributed by atoms with Gasteiger partial charge in [0.1, 0.15) is 17.6 Å². The minimum Gasteiger partial charge on any atom is -0.466 e. The van der Waals surface area contributed by atoms with Crippen molar-refractivity contribution in [1.29, 1.82) is 0 Å². The number of nitrogens with one attached hydrogen (secondary N) is 1. The normalized spacial score (nSPS) is 19.8. The molecule has 1 aromatic heterocycles. The molecule has 1 N–H and O–H groups in total. The molecule has 1 fully saturated rings. The monoisotopic (exact) mass is 252 g/mol. The van der Waals surface area contributed by atoms with E-state index in [2.05, 4.69) is 5.32 Å². The average molecular weight is 252 g/mol. The van der Waals surface area contributed by atoms with Crippen LogP contribution >= 0.6 is 0 Å². The van der Waals surface area contributed by atoms with E-state index in [0.29, 0.717) is 19.8 Å². The van der Waals surface area contributed by atoms with E-state index in [1.165, 1.54) is 0 Å². The van der Waals surface area contributed by atoms with Crippen LogP contribution in [0.2, 0.25) is 0 Å². The Morgan fingerprint density at radius 1 is 1.56 bits per heavy atom. The molecule has 1 atom stereocenters. The number of likely N-dealkylation sites (N-methyl/N-ethyl adjacent to an activating group) is 1. The Balaban J connectivity index is 1.79. The molecular weight excluding hydrogens is 232 g/mol. The topological polar surface area (TPSA) is 54.7 Å². The number of nitrogens with zero attached hydrogens (tertiary/aromatic N) is 1. The van der Waals surface area contributed by atoms with Gasteiger partial charge in [-0.05, 0) is 19.1 Å². The van der Waals surface area contributed by atoms with E-state index in [-0.39, 0.29) is 11.9 Å². The van der Waals surface area contributed by atoms with Gasteiger partial charge in [-0.1, -0.05) is 0 Å². The molecule has 0 aliphatic carbocycles. The molecule has 0 radical (unpaired) electrons. The SMILES string of the molecule is Cc1ccc(CCN(C)C(=O)C2COCCN2)o1. The number of carbonyl (C=O) groups excluding carboxylic acids is 1. The van der Waals surface area contributed by atoms with E-state index >= 15 is 0 Å². The van der Waals surface area contributed by atoms with Gasteiger partial charge in [-0.3, -0.25) is 4.79 Å². The summed E-state index contributed by atoms with van der Waals surface area (Å²) < 4.78 is 10.8. The van der Waals surface area contributed by atoms with Gasteiger partial charge in [0.2, 0.25) is 5.91 Å². The molecule has 5 nitrogen and oxygen atoms in total. The van der Waals surface area contributed by atoms with Crippen LogP contribution in [0.15, 0.2) is 16.5 Å². The number of rotatable bonds is 4. The second-order valence-electron chi connectivity index (χ2n) is 4.60. The highest BCUT2D eigenvalue weighted by atomic mass is 16.5. The number of ether oxygens (including phenoxy) is 1. The maximum Gasteiger partial charge on any atom is 0.241 e. The number of amides is 1. The summed E-state index contributed by atoms with van der Waals surface area (Å²) in [5, 5.41) is 3.16. The van der Waals surface area contributed by atoms with Gasteiger partial charge < -0.3 is 19.4 Å². The lowest BCUT2D eigenvalue weighted by Crippen LogP contribution is -2.51. The second kappa shape index (κ2) is 6.02. The Labute approximate surface area is 107 Å². The van der Waals surface area contributed by atoms with Crippen molar-refractivity contribution in [2.24, 2.45) is 0 Å². The number of hydrogen-bond donors (Lipinski definition) is 1. The summed E-state index contributed by atoms with van der Waals surface area (Å²) in [4.78, 5) is 13.8. The van der Waals surface area contributed by atoms with Gasteiger partial charge in [0.05, 0.1) is 13.2 Å². The van der Waals surface area contributed by atoms with Gasteiger partial charge in [-0.2, -0.15) is 0 Å². The molecule has 1 saturated heterocycles. The van der Waals surface area contributed by atoms with Crippen molar-refractivity contribution < 1.29 is 13.9 Å². The number of furan rings is 1. The molecule has 100 valence electrons. The second-order valence-corrected chi connectivity index (χ2v) is 4.60. The summed E-state index contributed by atoms with van der Waals surface area (Å²) in [5.74, 6) is 1.90. The fourth-order valence-electron chi connectivity index (χ4n) is 2.00. The van der Waals surface area contributed by atoms with Crippen LogP contribution in [-0.2, 0) is 16.0 Å². The molecule has 2 heterocycles. The van der Waals surface area contributed by atoms with Crippen molar-refractivity contribution in [2.45, 2.75) is 19.4 Å². The van der Waals surface area contributed by atoms with Gasteiger partial charge >= 0.3 is 0 Å². The van der Waals surface area contributed by atoms with Crippen LogP contribution in [0.5, 0.6) is 0 Å². The molecule has 1 amide bonds. The first-order chi connectivity index (χ1) is 8.66. The van der Waals surface area contributed by atoms with Crippen LogP contribution in [0.1, 0.15) is 11.5 Å². The standard InChI is InChI=1S/C13H20N2O3/c1-10-3-4-11(18-10)5-7-15(2)13(16)12-9-17-8-6-14-12/h3-4,12,14H,5-9H2,1-2H3. The first-order valence-corrected chi connectivity index (χ1v) is 6.28. The maximum atomic E-state index is 12.1. The van der Waals surface area contributed by atoms with Gasteiger partial charge in [0, 0.05) is 26.6 Å². The minimum absolute atomic E-state index is 0.0815. The minimum atomic E-state index is -0.206. The lowest BCUT2D eigenvalue weighted by Gasteiger charge is -2.27. The van der Waals surface area contributed by atoms with Crippen molar-refractivity contribution in [3.05, 3.63) is 23.7 Å². The highest BCUT2D eigenvalue weighted by Crippen LogP contribution is 2.08. The molecule has 1 aromatic rings. The van der Waals surface area contributed by atoms with Gasteiger partial charge in [0.15, 0.2) is 0 Å². The predicted molar refractivity (Wildman–Crippen MR) is 67.4 cm³/mol. The van der Waals surface area contributed by atoms with E-state index in [0.717, 1.165) is 24.5 Å². The molecule has 0 bridgehead atoms. The van der Waals surface area contributed by atoms with Gasteiger partial charge in [-0.15, -0.1) is 0 Å². The smallest absolute Gasteiger partial charge is 0.241 e. The molecule has 5 heteroatoms. The largest absolute Gasteiger partial charge is 0.466 e. The van der Waals surface area contributed by atoms with Crippen molar-refractivity contribution >= 4 is 5.91 Å². The summed E-state index contributed by atoms with van der Waals surface area (Å²) in [6.45, 7) is 4.45. The van der Waals surface area contributed by atoms with Crippen LogP contribution in [0.3, 0.4) is 0 Å². The molecule has 0 aromatic carbocycles. The molecule has 1 aliphatic rings. The molecule has 1 unspecified atom stereocenters. The summed E-state index contributed by atoms with van der Waals surface area (Å²) in [6, 6.07) is 3.69. The third-order valence-corrected chi connectivity index (χ3v) is 3.09. The Morgan fingerprint density at radius 3 is 3.00 bits per heavy atom. The Bertz CT molecular complexity index is 397. The molecule has 1 aliphatic heterocycles. The first-order valence-electron chi connectivity index (χ1n) is 6.28. The van der Waals surface area contributed by atoms with E-state index in [1.54, 1.807) is 4.90 Å². The third kappa shape index (κ3) is 3.34. The first kappa shape index (κ1) is 13.1. The van der Waals surface area contributed by atoms with Crippen molar-refractivity contribution in [3.8, 4) is 0 Å². The fraction of sp³-hybridized carbons (Fsp3) is 0.615. The van der Waals surface area contributed by atoms with Crippen molar-refractivity contribution in [2.75, 3.05) is 33.4 Å². The average Bonchev–Trinajstić information content (AvgIpc) is 2.82. The Hall–Kier alpha value is -1.33. The van der Waals surface area contributed by atoms with Crippen LogP contribution in [0.4, 0.5) is 0 Å². The van der Waals surface area contributed by atoms with E-state index in [9.17, 15) is 4.79 Å². The lowest BCUT2D eigenvalue weighted by atomic mass is 10.2. The number of morpholine rings is 1. The third-order valence-electron chi connectivity index (χ3n) is 3.09. The zero-order chi connectivity index (χ0) is 13.0. The number of aryl methyl sites for hydroxylation is 1. The molecule has 0 saturated carbocycles. The molecule has 18 heavy (non-hydrogen) atoms. The van der Waals surface area contributed by atoms with Crippen LogP contribution in [-0.4, -0.2) is 50.2 Å². The maximum absolute atomic E-state index is 12.1. The molecule has 0 spiro atoms. The van der Waals surface area contributed by atoms with Gasteiger partial charge in [-0.25, -0.2) is 0 Å². The van der Waals surface area contributed by atoms with E-state index < -0.39 is 0 Å². The zero-order valence-electron chi connectivity index (χ0n) is 10.9. The van der Waals surface area contributed by atoms with Crippen molar-refractivity contribution in [1.82, 2.24) is 10.2 Å². The van der Waals surface area contributed by atoms with E-state index in [1.807, 2.05) is 26.1 Å². The van der Waals surface area contributed by atoms with Gasteiger partial charge in [0.25, 0.3) is 0 Å². The Kier molecular flexibility index (Phi) is 4.38. The fourth-order valence-corrected chi connectivity index (χ4v) is 2.00. The van der Waals surface area contributed by atoms with Crippen LogP contribution < -0.4 is 5.32 Å². The quantitative estimate of drug-likeness (QED) is 0.851. The number of carbonyl (C=O) groups is 1. The number of hydrogen-bond acceptors (Lipinski definition) is 4. The van der Waals surface area contributed by atoms with Crippen molar-refractivity contribution in [3.63, 3.8) is 0 Å². The van der Waals surface area contributed by atoms with Crippen LogP contribution in [0.25, 0.3) is 0 Å². The summed E-state index contributed by atoms with van der Waals surface area (Å²) >= 11 is 0. The van der Waals surface area contributed by atoms with Crippen LogP contribution in [0, 0.1) is 6.92 Å². The summed E-state index contributed by atoms with van der Waals surface area (Å²) in [5.41, 5.74) is 0. The molecule has 2 rings (SSSR count). The highest BCUT2D eigenvalue weighted by Gasteiger charge is 2.24. The predicted octanol–water partition coefficient (Wildman–Crippen LogP) is 0.577. The zero-order valence-corrected chi connectivity index (χ0v) is 10.9. The Morgan fingerprint density at radius 2 is 2.39 bits per heavy atom. The highest BCUT2D eigenvalue weighted by molar-refractivity contribution is 5.81.